The number of carbonyl (C=O) groups is 3. The van der Waals surface area contributed by atoms with Gasteiger partial charge in [-0.1, -0.05) is 129 Å². The Morgan fingerprint density at radius 1 is 0.517 bits per heavy atom. The third-order valence-corrected chi connectivity index (χ3v) is 11.0. The lowest BCUT2D eigenvalue weighted by molar-refractivity contribution is -0.141. The van der Waals surface area contributed by atoms with E-state index in [1.165, 1.54) is 5.56 Å². The molecule has 0 fully saturated rings. The van der Waals surface area contributed by atoms with E-state index < -0.39 is 17.4 Å². The predicted octanol–water partition coefficient (Wildman–Crippen LogP) is 11.7. The number of fused-ring (bicyclic) bond motifs is 5. The van der Waals surface area contributed by atoms with Crippen LogP contribution in [-0.4, -0.2) is 37.7 Å². The number of carbonyl (C=O) groups excluding carboxylic acids is 3. The van der Waals surface area contributed by atoms with Crippen LogP contribution in [0.4, 0.5) is 0 Å². The summed E-state index contributed by atoms with van der Waals surface area (Å²) < 4.78 is 16.9. The van der Waals surface area contributed by atoms with Gasteiger partial charge < -0.3 is 14.2 Å². The van der Waals surface area contributed by atoms with Crippen molar-refractivity contribution in [2.75, 3.05) is 19.8 Å². The zero-order valence-electron chi connectivity index (χ0n) is 33.5. The highest BCUT2D eigenvalue weighted by molar-refractivity contribution is 6.21. The van der Waals surface area contributed by atoms with Gasteiger partial charge in [-0.3, -0.25) is 0 Å². The van der Waals surface area contributed by atoms with Crippen LogP contribution >= 0.6 is 0 Å². The van der Waals surface area contributed by atoms with Crippen molar-refractivity contribution < 1.29 is 28.6 Å². The van der Waals surface area contributed by atoms with Gasteiger partial charge in [-0.15, -0.1) is 0 Å². The Hall–Kier alpha value is -6.53. The highest BCUT2D eigenvalue weighted by Gasteiger charge is 2.44. The van der Waals surface area contributed by atoms with Crippen molar-refractivity contribution in [1.29, 1.82) is 0 Å². The molecule has 1 aliphatic rings. The maximum absolute atomic E-state index is 13.0. The molecule has 6 heteroatoms. The molecule has 1 atom stereocenters. The lowest BCUT2D eigenvalue weighted by Gasteiger charge is -2.32. The van der Waals surface area contributed by atoms with Crippen LogP contribution in [0.1, 0.15) is 56.7 Å². The van der Waals surface area contributed by atoms with Gasteiger partial charge in [0.15, 0.2) is 0 Å². The van der Waals surface area contributed by atoms with Crippen LogP contribution in [0.15, 0.2) is 152 Å². The first kappa shape index (κ1) is 39.7. The first-order chi connectivity index (χ1) is 28.0. The molecule has 292 valence electrons. The highest BCUT2D eigenvalue weighted by Crippen LogP contribution is 2.53. The third kappa shape index (κ3) is 7.75. The molecular formula is C52H48O6. The molecule has 1 unspecified atom stereocenters. The second-order valence-electron chi connectivity index (χ2n) is 15.3. The molecule has 6 nitrogen and oxygen atoms in total. The first-order valence-electron chi connectivity index (χ1n) is 19.8. The Bertz CT molecular complexity index is 2550. The molecule has 0 spiro atoms. The van der Waals surface area contributed by atoms with E-state index in [0.717, 1.165) is 78.9 Å². The summed E-state index contributed by atoms with van der Waals surface area (Å²) in [5.74, 6) is -1.22. The highest BCUT2D eigenvalue weighted by atomic mass is 16.5. The summed E-state index contributed by atoms with van der Waals surface area (Å²) in [5.41, 5.74) is 10.3. The molecule has 58 heavy (non-hydrogen) atoms. The van der Waals surface area contributed by atoms with Crippen LogP contribution in [-0.2, 0) is 40.4 Å². The minimum absolute atomic E-state index is 0.108. The van der Waals surface area contributed by atoms with Crippen molar-refractivity contribution in [2.24, 2.45) is 0 Å². The van der Waals surface area contributed by atoms with Crippen LogP contribution in [0.25, 0.3) is 54.9 Å². The average molecular weight is 769 g/mol. The van der Waals surface area contributed by atoms with Crippen LogP contribution in [0.2, 0.25) is 0 Å². The number of benzene rings is 6. The zero-order chi connectivity index (χ0) is 41.0. The Labute approximate surface area is 340 Å². The molecular weight excluding hydrogens is 721 g/mol. The molecule has 1 aliphatic carbocycles. The normalized spacial score (nSPS) is 14.1. The van der Waals surface area contributed by atoms with Crippen molar-refractivity contribution in [3.05, 3.63) is 168 Å². The molecule has 0 heterocycles. The SMILES string of the molecule is C=C(C)C(=O)OCCCc1ccc(-c2c3ccccc3c(-c3ccc4c(c3)C(CCCOC(=O)C(=C)C)(COC(=O)C(=C)C)c3ccccc3-4)c3ccccc23)cc1. The summed E-state index contributed by atoms with van der Waals surface area (Å²) in [4.78, 5) is 37.1. The summed E-state index contributed by atoms with van der Waals surface area (Å²) in [6, 6.07) is 40.8. The van der Waals surface area contributed by atoms with Crippen molar-refractivity contribution in [3.63, 3.8) is 0 Å². The minimum atomic E-state index is -0.706. The van der Waals surface area contributed by atoms with E-state index in [2.05, 4.69) is 123 Å². The fourth-order valence-corrected chi connectivity index (χ4v) is 8.23. The number of ether oxygens (including phenoxy) is 3. The van der Waals surface area contributed by atoms with Crippen LogP contribution in [0.3, 0.4) is 0 Å². The Kier molecular flexibility index (Phi) is 11.6. The molecule has 7 rings (SSSR count). The molecule has 0 aliphatic heterocycles. The maximum atomic E-state index is 13.0. The monoisotopic (exact) mass is 768 g/mol. The molecule has 6 aromatic carbocycles. The average Bonchev–Trinajstić information content (AvgIpc) is 3.50. The summed E-state index contributed by atoms with van der Waals surface area (Å²) in [7, 11) is 0. The first-order valence-corrected chi connectivity index (χ1v) is 19.8. The van der Waals surface area contributed by atoms with E-state index in [9.17, 15) is 14.4 Å². The van der Waals surface area contributed by atoms with Crippen molar-refractivity contribution in [2.45, 2.75) is 51.9 Å². The van der Waals surface area contributed by atoms with Gasteiger partial charge in [0.2, 0.25) is 0 Å². The standard InChI is InChI=1S/C52H48O6/c1-33(2)49(53)56-29-13-15-36-22-24-37(25-23-36)47-41-17-7-9-19-43(41)48(44-20-10-8-18-42(44)47)38-26-27-40-39-16-11-12-21-45(39)52(46(40)31-38,32-58-51(55)35(5)6)28-14-30-57-50(54)34(3)4/h7-12,16-27,31H,1,3,5,13-15,28-30,32H2,2,4,6H3. The summed E-state index contributed by atoms with van der Waals surface area (Å²) in [6.45, 7) is 16.8. The summed E-state index contributed by atoms with van der Waals surface area (Å²) in [5, 5.41) is 4.53. The number of aryl methyl sites for hydroxylation is 1. The van der Waals surface area contributed by atoms with Gasteiger partial charge in [0, 0.05) is 16.7 Å². The topological polar surface area (TPSA) is 78.9 Å². The quantitative estimate of drug-likeness (QED) is 0.0340. The minimum Gasteiger partial charge on any atom is -0.462 e. The van der Waals surface area contributed by atoms with E-state index >= 15 is 0 Å². The summed E-state index contributed by atoms with van der Waals surface area (Å²) in [6.07, 6.45) is 2.64. The molecule has 0 saturated heterocycles. The van der Waals surface area contributed by atoms with Gasteiger partial charge in [0.25, 0.3) is 0 Å². The molecule has 0 saturated carbocycles. The van der Waals surface area contributed by atoms with Crippen LogP contribution in [0, 0.1) is 0 Å². The number of hydrogen-bond acceptors (Lipinski definition) is 6. The fourth-order valence-electron chi connectivity index (χ4n) is 8.23. The largest absolute Gasteiger partial charge is 0.462 e. The van der Waals surface area contributed by atoms with Gasteiger partial charge in [-0.2, -0.15) is 0 Å². The van der Waals surface area contributed by atoms with E-state index in [1.807, 2.05) is 12.1 Å². The molecule has 0 bridgehead atoms. The Morgan fingerprint density at radius 3 is 1.55 bits per heavy atom. The fraction of sp³-hybridized carbons (Fsp3) is 0.212. The number of rotatable bonds is 15. The Morgan fingerprint density at radius 2 is 0.983 bits per heavy atom. The van der Waals surface area contributed by atoms with E-state index in [1.54, 1.807) is 20.8 Å². The third-order valence-electron chi connectivity index (χ3n) is 11.0. The van der Waals surface area contributed by atoms with Crippen molar-refractivity contribution in [1.82, 2.24) is 0 Å². The van der Waals surface area contributed by atoms with Gasteiger partial charge in [0.1, 0.15) is 6.61 Å². The Balaban J connectivity index is 1.32. The van der Waals surface area contributed by atoms with E-state index in [4.69, 9.17) is 14.2 Å². The predicted molar refractivity (Wildman–Crippen MR) is 233 cm³/mol. The van der Waals surface area contributed by atoms with Crippen LogP contribution in [0.5, 0.6) is 0 Å². The van der Waals surface area contributed by atoms with Gasteiger partial charge in [-0.05, 0) is 124 Å². The zero-order valence-corrected chi connectivity index (χ0v) is 33.5. The van der Waals surface area contributed by atoms with Crippen molar-refractivity contribution >= 4 is 39.5 Å². The lowest BCUT2D eigenvalue weighted by Crippen LogP contribution is -2.33. The van der Waals surface area contributed by atoms with Crippen molar-refractivity contribution in [3.8, 4) is 33.4 Å². The van der Waals surface area contributed by atoms with Gasteiger partial charge in [-0.25, -0.2) is 14.4 Å². The number of esters is 3. The molecule has 0 radical (unpaired) electrons. The van der Waals surface area contributed by atoms with Gasteiger partial charge >= 0.3 is 17.9 Å². The molecule has 0 aromatic heterocycles. The van der Waals surface area contributed by atoms with E-state index in [0.29, 0.717) is 36.2 Å². The van der Waals surface area contributed by atoms with E-state index in [-0.39, 0.29) is 19.2 Å². The molecule has 6 aromatic rings. The number of hydrogen-bond donors (Lipinski definition) is 0. The summed E-state index contributed by atoms with van der Waals surface area (Å²) >= 11 is 0. The smallest absolute Gasteiger partial charge is 0.333 e. The molecule has 0 N–H and O–H groups in total. The van der Waals surface area contributed by atoms with Gasteiger partial charge in [0.05, 0.1) is 18.6 Å². The lowest BCUT2D eigenvalue weighted by atomic mass is 9.74. The second kappa shape index (κ2) is 16.9. The molecule has 0 amide bonds. The second-order valence-corrected chi connectivity index (χ2v) is 15.3. The van der Waals surface area contributed by atoms with Crippen LogP contribution < -0.4 is 0 Å². The maximum Gasteiger partial charge on any atom is 0.333 e.